The molecule has 2 unspecified atom stereocenters. The molecule has 0 bridgehead atoms. The van der Waals surface area contributed by atoms with Crippen molar-refractivity contribution in [3.05, 3.63) is 0 Å². The fourth-order valence-electron chi connectivity index (χ4n) is 3.58. The number of carbonyl (C=O) groups is 2. The first-order valence-electron chi connectivity index (χ1n) is 8.20. The van der Waals surface area contributed by atoms with E-state index in [2.05, 4.69) is 5.32 Å². The van der Waals surface area contributed by atoms with Gasteiger partial charge in [-0.25, -0.2) is 4.79 Å². The Kier molecular flexibility index (Phi) is 5.67. The number of carbonyl (C=O) groups excluding carboxylic acids is 1. The van der Waals surface area contributed by atoms with Crippen LogP contribution in [-0.2, 0) is 9.53 Å². The van der Waals surface area contributed by atoms with E-state index in [9.17, 15) is 14.7 Å². The summed E-state index contributed by atoms with van der Waals surface area (Å²) in [6.07, 6.45) is 5.09. The number of piperidine rings is 1. The van der Waals surface area contributed by atoms with E-state index >= 15 is 0 Å². The second-order valence-electron chi connectivity index (χ2n) is 7.04. The van der Waals surface area contributed by atoms with Gasteiger partial charge in [-0.05, 0) is 37.0 Å². The van der Waals surface area contributed by atoms with E-state index in [-0.39, 0.29) is 17.4 Å². The Morgan fingerprint density at radius 1 is 1.36 bits per heavy atom. The molecule has 0 aromatic carbocycles. The highest BCUT2D eigenvalue weighted by Crippen LogP contribution is 2.43. The Bertz CT molecular complexity index is 409. The van der Waals surface area contributed by atoms with Crippen molar-refractivity contribution in [2.75, 3.05) is 33.4 Å². The molecule has 0 aromatic rings. The van der Waals surface area contributed by atoms with E-state index in [0.29, 0.717) is 26.1 Å². The minimum absolute atomic E-state index is 0.124. The summed E-state index contributed by atoms with van der Waals surface area (Å²) in [7, 11) is 1.70. The maximum atomic E-state index is 12.4. The average Bonchev–Trinajstić information content (AvgIpc) is 2.44. The molecule has 2 aliphatic rings. The molecular formula is C16H28N2O4. The van der Waals surface area contributed by atoms with Crippen molar-refractivity contribution >= 4 is 12.0 Å². The molecule has 0 spiro atoms. The number of nitrogens with one attached hydrogen (secondary N) is 1. The van der Waals surface area contributed by atoms with Gasteiger partial charge in [0.2, 0.25) is 0 Å². The van der Waals surface area contributed by atoms with Crippen molar-refractivity contribution < 1.29 is 19.4 Å². The topological polar surface area (TPSA) is 78.9 Å². The van der Waals surface area contributed by atoms with E-state index < -0.39 is 11.9 Å². The van der Waals surface area contributed by atoms with Gasteiger partial charge in [0.25, 0.3) is 0 Å². The number of amides is 2. The summed E-state index contributed by atoms with van der Waals surface area (Å²) in [6.45, 7) is 4.34. The lowest BCUT2D eigenvalue weighted by Gasteiger charge is -2.43. The molecule has 22 heavy (non-hydrogen) atoms. The van der Waals surface area contributed by atoms with Gasteiger partial charge in [0.1, 0.15) is 0 Å². The van der Waals surface area contributed by atoms with Gasteiger partial charge >= 0.3 is 12.0 Å². The Morgan fingerprint density at radius 3 is 2.64 bits per heavy atom. The second-order valence-corrected chi connectivity index (χ2v) is 7.04. The van der Waals surface area contributed by atoms with Crippen LogP contribution in [0.4, 0.5) is 4.79 Å². The van der Waals surface area contributed by atoms with Crippen LogP contribution in [0.25, 0.3) is 0 Å². The van der Waals surface area contributed by atoms with E-state index in [0.717, 1.165) is 25.9 Å². The van der Waals surface area contributed by atoms with Crippen molar-refractivity contribution in [3.63, 3.8) is 0 Å². The summed E-state index contributed by atoms with van der Waals surface area (Å²) in [4.78, 5) is 25.2. The summed E-state index contributed by atoms with van der Waals surface area (Å²) in [5.74, 6) is -1.02. The predicted octanol–water partition coefficient (Wildman–Crippen LogP) is 1.95. The van der Waals surface area contributed by atoms with Crippen molar-refractivity contribution in [1.29, 1.82) is 0 Å². The monoisotopic (exact) mass is 312 g/mol. The van der Waals surface area contributed by atoms with Crippen LogP contribution >= 0.6 is 0 Å². The first kappa shape index (κ1) is 17.1. The van der Waals surface area contributed by atoms with Crippen molar-refractivity contribution in [2.24, 2.45) is 17.3 Å². The number of hydrogen-bond donors (Lipinski definition) is 2. The van der Waals surface area contributed by atoms with Crippen LogP contribution in [0.15, 0.2) is 0 Å². The molecular weight excluding hydrogens is 284 g/mol. The lowest BCUT2D eigenvalue weighted by atomic mass is 9.67. The summed E-state index contributed by atoms with van der Waals surface area (Å²) in [5.41, 5.74) is 0.180. The Balaban J connectivity index is 1.84. The van der Waals surface area contributed by atoms with E-state index in [1.165, 1.54) is 6.42 Å². The number of methoxy groups -OCH3 is 1. The van der Waals surface area contributed by atoms with Gasteiger partial charge in [0, 0.05) is 33.4 Å². The molecule has 0 aromatic heterocycles. The number of nitrogens with zero attached hydrogens (tertiary/aromatic N) is 1. The molecule has 1 heterocycles. The highest BCUT2D eigenvalue weighted by Gasteiger charge is 2.38. The zero-order valence-corrected chi connectivity index (χ0v) is 13.6. The first-order valence-corrected chi connectivity index (χ1v) is 8.20. The van der Waals surface area contributed by atoms with Crippen LogP contribution < -0.4 is 5.32 Å². The third kappa shape index (κ3) is 4.12. The summed E-state index contributed by atoms with van der Waals surface area (Å²) in [6, 6.07) is -0.124. The Labute approximate surface area is 132 Å². The number of ether oxygens (including phenoxy) is 1. The third-order valence-electron chi connectivity index (χ3n) is 5.16. The van der Waals surface area contributed by atoms with Crippen LogP contribution in [0.5, 0.6) is 0 Å². The molecule has 126 valence electrons. The fraction of sp³-hybridized carbons (Fsp3) is 0.875. The molecule has 1 saturated heterocycles. The molecule has 2 N–H and O–H groups in total. The molecule has 1 aliphatic carbocycles. The van der Waals surface area contributed by atoms with Gasteiger partial charge in [0.15, 0.2) is 0 Å². The normalized spacial score (nSPS) is 27.1. The number of carboxylic acid groups (broad SMARTS) is 1. The Hall–Kier alpha value is -1.30. The van der Waals surface area contributed by atoms with Gasteiger partial charge in [0.05, 0.1) is 5.92 Å². The molecule has 2 atom stereocenters. The van der Waals surface area contributed by atoms with E-state index in [1.54, 1.807) is 12.0 Å². The molecule has 2 amide bonds. The molecule has 6 heteroatoms. The van der Waals surface area contributed by atoms with Gasteiger partial charge < -0.3 is 20.1 Å². The number of hydrogen-bond acceptors (Lipinski definition) is 3. The van der Waals surface area contributed by atoms with E-state index in [1.807, 2.05) is 6.92 Å². The number of carboxylic acids is 1. The minimum atomic E-state index is -0.806. The standard InChI is InChI=1S/C16H28N2O4/c1-12-8-13(14(19)20)10-18(9-12)15(21)17-11-16(4-3-5-16)6-7-22-2/h12-13H,3-11H2,1-2H3,(H,17,21)(H,19,20). The fourth-order valence-corrected chi connectivity index (χ4v) is 3.58. The zero-order chi connectivity index (χ0) is 16.2. The lowest BCUT2D eigenvalue weighted by molar-refractivity contribution is -0.143. The zero-order valence-electron chi connectivity index (χ0n) is 13.6. The van der Waals surface area contributed by atoms with Gasteiger partial charge in [-0.2, -0.15) is 0 Å². The third-order valence-corrected chi connectivity index (χ3v) is 5.16. The highest BCUT2D eigenvalue weighted by molar-refractivity contribution is 5.76. The van der Waals surface area contributed by atoms with Gasteiger partial charge in [-0.15, -0.1) is 0 Å². The highest BCUT2D eigenvalue weighted by atomic mass is 16.5. The largest absolute Gasteiger partial charge is 0.481 e. The molecule has 1 saturated carbocycles. The number of aliphatic carboxylic acids is 1. The lowest BCUT2D eigenvalue weighted by Crippen LogP contribution is -2.52. The van der Waals surface area contributed by atoms with Crippen LogP contribution in [0.3, 0.4) is 0 Å². The smallest absolute Gasteiger partial charge is 0.317 e. The molecule has 1 aliphatic heterocycles. The van der Waals surface area contributed by atoms with Crippen LogP contribution in [0, 0.1) is 17.3 Å². The minimum Gasteiger partial charge on any atom is -0.481 e. The molecule has 2 rings (SSSR count). The number of urea groups is 1. The van der Waals surface area contributed by atoms with Gasteiger partial charge in [-0.1, -0.05) is 13.3 Å². The summed E-state index contributed by atoms with van der Waals surface area (Å²) in [5, 5.41) is 12.2. The number of likely N-dealkylation sites (tertiary alicyclic amines) is 1. The average molecular weight is 312 g/mol. The Morgan fingerprint density at radius 2 is 2.09 bits per heavy atom. The van der Waals surface area contributed by atoms with Crippen LogP contribution in [0.2, 0.25) is 0 Å². The van der Waals surface area contributed by atoms with Crippen molar-refractivity contribution in [3.8, 4) is 0 Å². The quantitative estimate of drug-likeness (QED) is 0.785. The summed E-state index contributed by atoms with van der Waals surface area (Å²) < 4.78 is 5.16. The molecule has 0 radical (unpaired) electrons. The number of rotatable bonds is 6. The second kappa shape index (κ2) is 7.31. The van der Waals surface area contributed by atoms with Crippen molar-refractivity contribution in [2.45, 2.75) is 39.0 Å². The van der Waals surface area contributed by atoms with Crippen molar-refractivity contribution in [1.82, 2.24) is 10.2 Å². The summed E-state index contributed by atoms with van der Waals surface area (Å²) >= 11 is 0. The first-order chi connectivity index (χ1) is 10.5. The predicted molar refractivity (Wildman–Crippen MR) is 82.7 cm³/mol. The molecule has 2 fully saturated rings. The van der Waals surface area contributed by atoms with E-state index in [4.69, 9.17) is 4.74 Å². The molecule has 6 nitrogen and oxygen atoms in total. The van der Waals surface area contributed by atoms with Gasteiger partial charge in [-0.3, -0.25) is 4.79 Å². The van der Waals surface area contributed by atoms with Crippen LogP contribution in [0.1, 0.15) is 39.0 Å². The SMILES string of the molecule is COCCC1(CNC(=O)N2CC(C)CC(C(=O)O)C2)CCC1. The maximum Gasteiger partial charge on any atom is 0.317 e. The maximum absolute atomic E-state index is 12.4. The van der Waals surface area contributed by atoms with Crippen LogP contribution in [-0.4, -0.2) is 55.4 Å².